The molecule has 0 aliphatic rings. The van der Waals surface area contributed by atoms with Gasteiger partial charge in [-0.1, -0.05) is 204 Å². The molecule has 0 radical (unpaired) electrons. The fourth-order valence-corrected chi connectivity index (χ4v) is 7.37. The van der Waals surface area contributed by atoms with Gasteiger partial charge in [0.1, 0.15) is 0 Å². The van der Waals surface area contributed by atoms with Crippen molar-refractivity contribution in [3.63, 3.8) is 0 Å². The van der Waals surface area contributed by atoms with Gasteiger partial charge in [0.15, 0.2) is 0 Å². The molecule has 0 saturated heterocycles. The fraction of sp³-hybridized carbons (Fsp3) is 0.811. The normalized spacial score (nSPS) is 13.1. The number of carbonyl (C=O) groups is 2. The molecule has 0 fully saturated rings. The summed E-state index contributed by atoms with van der Waals surface area (Å²) in [7, 11) is 0. The molecule has 344 valence electrons. The van der Waals surface area contributed by atoms with Crippen LogP contribution in [0.25, 0.3) is 0 Å². The average Bonchev–Trinajstić information content (AvgIpc) is 3.24. The Balaban J connectivity index is 3.47. The summed E-state index contributed by atoms with van der Waals surface area (Å²) in [5.41, 5.74) is 0. The van der Waals surface area contributed by atoms with E-state index < -0.39 is 12.1 Å². The second-order valence-corrected chi connectivity index (χ2v) is 17.1. The minimum absolute atomic E-state index is 0.0134. The van der Waals surface area contributed by atoms with E-state index in [2.05, 4.69) is 55.6 Å². The Kier molecular flexibility index (Phi) is 46.7. The summed E-state index contributed by atoms with van der Waals surface area (Å²) in [5.74, 6) is -0.0948. The highest BCUT2D eigenvalue weighted by atomic mass is 16.5. The van der Waals surface area contributed by atoms with Crippen molar-refractivity contribution in [2.45, 2.75) is 264 Å². The van der Waals surface area contributed by atoms with Crippen molar-refractivity contribution >= 4 is 11.9 Å². The van der Waals surface area contributed by atoms with Gasteiger partial charge in [-0.05, 0) is 83.5 Å². The number of carbonyl (C=O) groups excluding carboxylic acids is 2. The molecule has 0 aromatic rings. The first kappa shape index (κ1) is 56.8. The number of unbranched alkanes of at least 4 members (excludes halogenated alkanes) is 29. The molecule has 0 heterocycles. The summed E-state index contributed by atoms with van der Waals surface area (Å²) < 4.78 is 5.45. The zero-order valence-corrected chi connectivity index (χ0v) is 39.0. The molecule has 0 aliphatic heterocycles. The van der Waals surface area contributed by atoms with Crippen LogP contribution in [0.1, 0.15) is 251 Å². The van der Waals surface area contributed by atoms with E-state index in [4.69, 9.17) is 4.74 Å². The molecule has 3 N–H and O–H groups in total. The van der Waals surface area contributed by atoms with Gasteiger partial charge in [-0.2, -0.15) is 0 Å². The minimum Gasteiger partial charge on any atom is -0.466 e. The van der Waals surface area contributed by atoms with Gasteiger partial charge in [0.2, 0.25) is 5.91 Å². The maximum atomic E-state index is 12.4. The summed E-state index contributed by atoms with van der Waals surface area (Å²) in [4.78, 5) is 24.4. The Morgan fingerprint density at radius 1 is 0.475 bits per heavy atom. The number of aliphatic hydroxyl groups is 2. The third kappa shape index (κ3) is 45.2. The third-order valence-electron chi connectivity index (χ3n) is 11.3. The smallest absolute Gasteiger partial charge is 0.305 e. The van der Waals surface area contributed by atoms with E-state index in [-0.39, 0.29) is 18.5 Å². The van der Waals surface area contributed by atoms with Crippen molar-refractivity contribution in [1.82, 2.24) is 5.32 Å². The number of esters is 1. The Morgan fingerprint density at radius 3 is 1.37 bits per heavy atom. The monoisotopic (exact) mass is 828 g/mol. The van der Waals surface area contributed by atoms with Crippen LogP contribution in [-0.2, 0) is 14.3 Å². The molecule has 0 spiro atoms. The molecule has 0 aliphatic carbocycles. The van der Waals surface area contributed by atoms with E-state index in [1.165, 1.54) is 161 Å². The van der Waals surface area contributed by atoms with Crippen molar-refractivity contribution in [3.05, 3.63) is 48.6 Å². The van der Waals surface area contributed by atoms with Crippen LogP contribution in [-0.4, -0.2) is 47.4 Å². The lowest BCUT2D eigenvalue weighted by molar-refractivity contribution is -0.143. The number of nitrogens with one attached hydrogen (secondary N) is 1. The van der Waals surface area contributed by atoms with E-state index in [9.17, 15) is 19.8 Å². The summed E-state index contributed by atoms with van der Waals surface area (Å²) in [6.45, 7) is 4.79. The maximum Gasteiger partial charge on any atom is 0.305 e. The van der Waals surface area contributed by atoms with Gasteiger partial charge in [-0.25, -0.2) is 0 Å². The van der Waals surface area contributed by atoms with Crippen LogP contribution in [0.5, 0.6) is 0 Å². The van der Waals surface area contributed by atoms with Crippen LogP contribution >= 0.6 is 0 Å². The lowest BCUT2D eigenvalue weighted by Gasteiger charge is -2.20. The average molecular weight is 828 g/mol. The second-order valence-electron chi connectivity index (χ2n) is 17.1. The summed E-state index contributed by atoms with van der Waals surface area (Å²) in [6, 6.07) is -0.634. The molecule has 2 unspecified atom stereocenters. The standard InChI is InChI=1S/C53H97NO5/c1-3-5-7-9-11-13-15-23-27-31-35-39-43-47-53(58)59-48-44-40-36-32-28-25-22-20-18-16-17-19-21-24-26-30-34-38-42-46-52(57)54-50(49-55)51(56)45-41-37-33-29-14-12-10-8-6-4-2/h7,9,13,15-17,41,45,50-51,55-56H,3-6,8,10-12,14,18-40,42-44,46-49H2,1-2H3,(H,54,57)/b9-7-,15-13-,17-16-,45-41+. The van der Waals surface area contributed by atoms with Gasteiger partial charge in [0, 0.05) is 12.8 Å². The molecule has 0 bridgehead atoms. The quantitative estimate of drug-likeness (QED) is 0.0323. The lowest BCUT2D eigenvalue weighted by Crippen LogP contribution is -2.45. The predicted molar refractivity (Wildman–Crippen MR) is 255 cm³/mol. The molecule has 0 rings (SSSR count). The van der Waals surface area contributed by atoms with Gasteiger partial charge in [-0.15, -0.1) is 0 Å². The number of amides is 1. The Labute approximate surface area is 366 Å². The maximum absolute atomic E-state index is 12.4. The van der Waals surface area contributed by atoms with Gasteiger partial charge in [-0.3, -0.25) is 9.59 Å². The first-order valence-corrected chi connectivity index (χ1v) is 25.4. The number of allylic oxidation sites excluding steroid dienone is 7. The molecule has 2 atom stereocenters. The number of ether oxygens (including phenoxy) is 1. The van der Waals surface area contributed by atoms with Gasteiger partial charge < -0.3 is 20.3 Å². The summed E-state index contributed by atoms with van der Waals surface area (Å²) >= 11 is 0. The second kappa shape index (κ2) is 48.5. The van der Waals surface area contributed by atoms with E-state index in [1.54, 1.807) is 6.08 Å². The van der Waals surface area contributed by atoms with E-state index in [1.807, 2.05) is 6.08 Å². The third-order valence-corrected chi connectivity index (χ3v) is 11.3. The van der Waals surface area contributed by atoms with Gasteiger partial charge in [0.25, 0.3) is 0 Å². The van der Waals surface area contributed by atoms with Crippen molar-refractivity contribution < 1.29 is 24.5 Å². The molecule has 1 amide bonds. The van der Waals surface area contributed by atoms with E-state index in [0.717, 1.165) is 64.2 Å². The highest BCUT2D eigenvalue weighted by molar-refractivity contribution is 5.76. The molecule has 0 saturated carbocycles. The van der Waals surface area contributed by atoms with E-state index >= 15 is 0 Å². The van der Waals surface area contributed by atoms with Crippen molar-refractivity contribution in [2.24, 2.45) is 0 Å². The summed E-state index contributed by atoms with van der Waals surface area (Å²) in [5, 5.41) is 22.9. The molecular weight excluding hydrogens is 731 g/mol. The largest absolute Gasteiger partial charge is 0.466 e. The number of aliphatic hydroxyl groups excluding tert-OH is 2. The summed E-state index contributed by atoms with van der Waals surface area (Å²) in [6.07, 6.45) is 59.7. The molecule has 6 nitrogen and oxygen atoms in total. The molecule has 0 aromatic carbocycles. The molecule has 6 heteroatoms. The first-order chi connectivity index (χ1) is 29.0. The van der Waals surface area contributed by atoms with Crippen LogP contribution in [0, 0.1) is 0 Å². The predicted octanol–water partition coefficient (Wildman–Crippen LogP) is 15.1. The van der Waals surface area contributed by atoms with Gasteiger partial charge in [0.05, 0.1) is 25.4 Å². The SMILES string of the molecule is CCC/C=C\C/C=C\CCCCCCCC(=O)OCCCCCCCCCC/C=C\CCCCCCCCCC(=O)NC(CO)C(O)/C=C/CCCCCCCCCC. The number of rotatable bonds is 46. The van der Waals surface area contributed by atoms with Crippen LogP contribution in [0.4, 0.5) is 0 Å². The Hall–Kier alpha value is -2.18. The van der Waals surface area contributed by atoms with Crippen molar-refractivity contribution in [2.75, 3.05) is 13.2 Å². The molecular formula is C53H97NO5. The fourth-order valence-electron chi connectivity index (χ4n) is 7.37. The Morgan fingerprint density at radius 2 is 0.881 bits per heavy atom. The minimum atomic E-state index is -0.849. The lowest BCUT2D eigenvalue weighted by atomic mass is 10.1. The Bertz CT molecular complexity index is 1000. The van der Waals surface area contributed by atoms with Crippen molar-refractivity contribution in [3.8, 4) is 0 Å². The topological polar surface area (TPSA) is 95.9 Å². The molecule has 59 heavy (non-hydrogen) atoms. The highest BCUT2D eigenvalue weighted by Crippen LogP contribution is 2.14. The van der Waals surface area contributed by atoms with Gasteiger partial charge >= 0.3 is 5.97 Å². The van der Waals surface area contributed by atoms with E-state index in [0.29, 0.717) is 19.4 Å². The van der Waals surface area contributed by atoms with Crippen LogP contribution < -0.4 is 5.32 Å². The number of hydrogen-bond acceptors (Lipinski definition) is 5. The number of hydrogen-bond donors (Lipinski definition) is 3. The van der Waals surface area contributed by atoms with Crippen LogP contribution in [0.3, 0.4) is 0 Å². The van der Waals surface area contributed by atoms with Crippen LogP contribution in [0.15, 0.2) is 48.6 Å². The first-order valence-electron chi connectivity index (χ1n) is 25.4. The highest BCUT2D eigenvalue weighted by Gasteiger charge is 2.18. The van der Waals surface area contributed by atoms with Crippen LogP contribution in [0.2, 0.25) is 0 Å². The zero-order chi connectivity index (χ0) is 43.0. The molecule has 0 aromatic heterocycles. The van der Waals surface area contributed by atoms with Crippen molar-refractivity contribution in [1.29, 1.82) is 0 Å². The zero-order valence-electron chi connectivity index (χ0n) is 39.0.